The summed E-state index contributed by atoms with van der Waals surface area (Å²) in [4.78, 5) is 23.5. The zero-order valence-electron chi connectivity index (χ0n) is 12.7. The Kier molecular flexibility index (Phi) is 4.16. The largest absolute Gasteiger partial charge is 0.482 e. The van der Waals surface area contributed by atoms with Gasteiger partial charge in [-0.3, -0.25) is 9.59 Å². The van der Waals surface area contributed by atoms with Crippen molar-refractivity contribution >= 4 is 17.5 Å². The number of halogens is 2. The van der Waals surface area contributed by atoms with Gasteiger partial charge in [-0.15, -0.1) is 0 Å². The number of carbonyl (C=O) groups excluding carboxylic acids is 2. The average molecular weight is 332 g/mol. The van der Waals surface area contributed by atoms with Gasteiger partial charge in [0, 0.05) is 17.2 Å². The van der Waals surface area contributed by atoms with Crippen LogP contribution in [0.1, 0.15) is 28.9 Å². The summed E-state index contributed by atoms with van der Waals surface area (Å²) in [5.74, 6) is -1.71. The van der Waals surface area contributed by atoms with E-state index < -0.39 is 23.6 Å². The molecule has 0 saturated heterocycles. The number of nitrogens with one attached hydrogen (secondary N) is 2. The number of ether oxygens (including phenoxy) is 1. The fourth-order valence-electron chi connectivity index (χ4n) is 2.43. The number of amides is 2. The van der Waals surface area contributed by atoms with Crippen LogP contribution < -0.4 is 15.4 Å². The Morgan fingerprint density at radius 2 is 2.04 bits per heavy atom. The van der Waals surface area contributed by atoms with Crippen LogP contribution in [-0.4, -0.2) is 18.4 Å². The van der Waals surface area contributed by atoms with Crippen LogP contribution in [0.3, 0.4) is 0 Å². The van der Waals surface area contributed by atoms with Crippen molar-refractivity contribution in [2.45, 2.75) is 13.0 Å². The van der Waals surface area contributed by atoms with Crippen LogP contribution in [0.2, 0.25) is 0 Å². The van der Waals surface area contributed by atoms with Crippen molar-refractivity contribution in [1.82, 2.24) is 5.32 Å². The Bertz CT molecular complexity index is 823. The first-order chi connectivity index (χ1) is 11.4. The van der Waals surface area contributed by atoms with Crippen molar-refractivity contribution < 1.29 is 23.1 Å². The summed E-state index contributed by atoms with van der Waals surface area (Å²) in [6.45, 7) is 1.48. The lowest BCUT2D eigenvalue weighted by Gasteiger charge is -2.19. The molecule has 1 atom stereocenters. The van der Waals surface area contributed by atoms with Crippen LogP contribution in [-0.2, 0) is 4.79 Å². The Labute approximate surface area is 136 Å². The summed E-state index contributed by atoms with van der Waals surface area (Å²) < 4.78 is 32.0. The highest BCUT2D eigenvalue weighted by Gasteiger charge is 2.19. The summed E-state index contributed by atoms with van der Waals surface area (Å²) >= 11 is 0. The highest BCUT2D eigenvalue weighted by molar-refractivity contribution is 5.99. The number of hydrogen-bond donors (Lipinski definition) is 2. The molecular formula is C17H14F2N2O3. The molecule has 1 heterocycles. The number of carbonyl (C=O) groups is 2. The first-order valence-electron chi connectivity index (χ1n) is 7.26. The van der Waals surface area contributed by atoms with Crippen LogP contribution in [0.15, 0.2) is 36.4 Å². The lowest BCUT2D eigenvalue weighted by molar-refractivity contribution is -0.118. The van der Waals surface area contributed by atoms with E-state index in [1.54, 1.807) is 13.0 Å². The highest BCUT2D eigenvalue weighted by atomic mass is 19.1. The number of fused-ring (bicyclic) bond motifs is 1. The van der Waals surface area contributed by atoms with E-state index in [2.05, 4.69) is 10.6 Å². The molecule has 2 aromatic rings. The molecule has 0 fully saturated rings. The van der Waals surface area contributed by atoms with Crippen LogP contribution >= 0.6 is 0 Å². The van der Waals surface area contributed by atoms with Gasteiger partial charge in [-0.1, -0.05) is 6.07 Å². The van der Waals surface area contributed by atoms with Crippen molar-refractivity contribution in [3.63, 3.8) is 0 Å². The second kappa shape index (κ2) is 6.27. The molecule has 0 spiro atoms. The molecule has 2 amide bonds. The minimum atomic E-state index is -0.723. The summed E-state index contributed by atoms with van der Waals surface area (Å²) in [7, 11) is 0. The standard InChI is InChI=1S/C17H14F2N2O3/c1-9(12-4-3-11(18)7-13(12)19)20-17(23)10-2-5-14-15(6-10)24-8-16(22)21-14/h2-7,9H,8H2,1H3,(H,20,23)(H,21,22)/t9-/m1/s1. The second-order valence-corrected chi connectivity index (χ2v) is 5.41. The van der Waals surface area contributed by atoms with Crippen LogP contribution in [0.25, 0.3) is 0 Å². The van der Waals surface area contributed by atoms with Crippen LogP contribution in [0, 0.1) is 11.6 Å². The summed E-state index contributed by atoms with van der Waals surface area (Å²) in [5.41, 5.74) is 0.978. The lowest BCUT2D eigenvalue weighted by atomic mass is 10.1. The van der Waals surface area contributed by atoms with Crippen molar-refractivity contribution in [2.24, 2.45) is 0 Å². The monoisotopic (exact) mass is 332 g/mol. The molecule has 1 aliphatic rings. The van der Waals surface area contributed by atoms with Crippen molar-refractivity contribution in [1.29, 1.82) is 0 Å². The van der Waals surface area contributed by atoms with Gasteiger partial charge in [-0.2, -0.15) is 0 Å². The maximum atomic E-state index is 13.8. The molecule has 0 aromatic heterocycles. The van der Waals surface area contributed by atoms with E-state index in [1.165, 1.54) is 18.2 Å². The molecular weight excluding hydrogens is 318 g/mol. The second-order valence-electron chi connectivity index (χ2n) is 5.41. The molecule has 7 heteroatoms. The minimum Gasteiger partial charge on any atom is -0.482 e. The smallest absolute Gasteiger partial charge is 0.262 e. The number of benzene rings is 2. The molecule has 5 nitrogen and oxygen atoms in total. The zero-order valence-corrected chi connectivity index (χ0v) is 12.7. The van der Waals surface area contributed by atoms with Gasteiger partial charge in [0.1, 0.15) is 17.4 Å². The summed E-state index contributed by atoms with van der Waals surface area (Å²) in [5, 5.41) is 5.27. The normalized spacial score (nSPS) is 14.2. The van der Waals surface area contributed by atoms with E-state index in [9.17, 15) is 18.4 Å². The van der Waals surface area contributed by atoms with E-state index in [0.717, 1.165) is 12.1 Å². The van der Waals surface area contributed by atoms with Gasteiger partial charge in [0.15, 0.2) is 6.61 Å². The summed E-state index contributed by atoms with van der Waals surface area (Å²) in [6, 6.07) is 7.14. The van der Waals surface area contributed by atoms with E-state index >= 15 is 0 Å². The van der Waals surface area contributed by atoms with Crippen molar-refractivity contribution in [3.05, 3.63) is 59.2 Å². The van der Waals surface area contributed by atoms with Gasteiger partial charge in [0.2, 0.25) is 0 Å². The Morgan fingerprint density at radius 3 is 2.79 bits per heavy atom. The summed E-state index contributed by atoms with van der Waals surface area (Å²) in [6.07, 6.45) is 0. The van der Waals surface area contributed by atoms with E-state index in [4.69, 9.17) is 4.74 Å². The Balaban J connectivity index is 1.76. The van der Waals surface area contributed by atoms with E-state index in [-0.39, 0.29) is 18.1 Å². The topological polar surface area (TPSA) is 67.4 Å². The number of hydrogen-bond acceptors (Lipinski definition) is 3. The maximum absolute atomic E-state index is 13.8. The molecule has 0 saturated carbocycles. The van der Waals surface area contributed by atoms with Gasteiger partial charge >= 0.3 is 0 Å². The predicted molar refractivity (Wildman–Crippen MR) is 82.8 cm³/mol. The maximum Gasteiger partial charge on any atom is 0.262 e. The first kappa shape index (κ1) is 15.9. The molecule has 24 heavy (non-hydrogen) atoms. The SMILES string of the molecule is C[C@@H](NC(=O)c1ccc2c(c1)OCC(=O)N2)c1ccc(F)cc1F. The molecule has 0 radical (unpaired) electrons. The lowest BCUT2D eigenvalue weighted by Crippen LogP contribution is -2.28. The Morgan fingerprint density at radius 1 is 1.25 bits per heavy atom. The first-order valence-corrected chi connectivity index (χ1v) is 7.26. The molecule has 0 bridgehead atoms. The molecule has 124 valence electrons. The van der Waals surface area contributed by atoms with Gasteiger partial charge in [0.05, 0.1) is 11.7 Å². The van der Waals surface area contributed by atoms with Gasteiger partial charge in [0.25, 0.3) is 11.8 Å². The number of rotatable bonds is 3. The molecule has 0 aliphatic carbocycles. The van der Waals surface area contributed by atoms with Crippen LogP contribution in [0.4, 0.5) is 14.5 Å². The minimum absolute atomic E-state index is 0.116. The van der Waals surface area contributed by atoms with Gasteiger partial charge in [-0.25, -0.2) is 8.78 Å². The zero-order chi connectivity index (χ0) is 17.3. The van der Waals surface area contributed by atoms with E-state index in [1.807, 2.05) is 0 Å². The van der Waals surface area contributed by atoms with Crippen molar-refractivity contribution in [3.8, 4) is 5.75 Å². The molecule has 0 unspecified atom stereocenters. The fraction of sp³-hybridized carbons (Fsp3) is 0.176. The molecule has 2 aromatic carbocycles. The average Bonchev–Trinajstić information content (AvgIpc) is 2.54. The predicted octanol–water partition coefficient (Wildman–Crippen LogP) is 2.79. The van der Waals surface area contributed by atoms with Gasteiger partial charge < -0.3 is 15.4 Å². The van der Waals surface area contributed by atoms with Crippen molar-refractivity contribution in [2.75, 3.05) is 11.9 Å². The van der Waals surface area contributed by atoms with Crippen LogP contribution in [0.5, 0.6) is 5.75 Å². The highest BCUT2D eigenvalue weighted by Crippen LogP contribution is 2.28. The molecule has 2 N–H and O–H groups in total. The third kappa shape index (κ3) is 3.19. The molecule has 1 aliphatic heterocycles. The fourth-order valence-corrected chi connectivity index (χ4v) is 2.43. The third-order valence-corrected chi connectivity index (χ3v) is 3.65. The van der Waals surface area contributed by atoms with Gasteiger partial charge in [-0.05, 0) is 31.2 Å². The van der Waals surface area contributed by atoms with E-state index in [0.29, 0.717) is 17.0 Å². The third-order valence-electron chi connectivity index (χ3n) is 3.65. The quantitative estimate of drug-likeness (QED) is 0.908. The Hall–Kier alpha value is -2.96. The molecule has 3 rings (SSSR count). The number of anilines is 1.